The first-order valence-corrected chi connectivity index (χ1v) is 5.07. The molecule has 2 N–H and O–H groups in total. The topological polar surface area (TPSA) is 94.0 Å². The number of nitrogens with zero attached hydrogens (tertiary/aromatic N) is 3. The van der Waals surface area contributed by atoms with Crippen molar-refractivity contribution in [1.82, 2.24) is 9.97 Å². The van der Waals surface area contributed by atoms with E-state index in [-0.39, 0.29) is 11.7 Å². The van der Waals surface area contributed by atoms with E-state index in [1.54, 1.807) is 18.2 Å². The molecule has 0 bridgehead atoms. The Morgan fingerprint density at radius 1 is 1.33 bits per heavy atom. The summed E-state index contributed by atoms with van der Waals surface area (Å²) in [5.74, 6) is 1.04. The van der Waals surface area contributed by atoms with Crippen molar-refractivity contribution in [1.29, 1.82) is 5.26 Å². The number of hydrogen-bond donors (Lipinski definition) is 1. The van der Waals surface area contributed by atoms with Crippen LogP contribution >= 0.6 is 0 Å². The minimum absolute atomic E-state index is 0.0959. The lowest BCUT2D eigenvalue weighted by atomic mass is 10.3. The third kappa shape index (κ3) is 2.47. The molecular weight excluding hydrogens is 232 g/mol. The van der Waals surface area contributed by atoms with Crippen molar-refractivity contribution in [3.8, 4) is 23.6 Å². The lowest BCUT2D eigenvalue weighted by Crippen LogP contribution is -1.96. The van der Waals surface area contributed by atoms with Crippen molar-refractivity contribution in [3.63, 3.8) is 0 Å². The van der Waals surface area contributed by atoms with Crippen LogP contribution in [0.3, 0.4) is 0 Å². The fourth-order valence-electron chi connectivity index (χ4n) is 1.33. The van der Waals surface area contributed by atoms with E-state index in [1.807, 2.05) is 6.07 Å². The molecule has 0 radical (unpaired) electrons. The van der Waals surface area contributed by atoms with E-state index in [1.165, 1.54) is 19.4 Å². The summed E-state index contributed by atoms with van der Waals surface area (Å²) in [4.78, 5) is 7.79. The van der Waals surface area contributed by atoms with Crippen LogP contribution in [0.4, 0.5) is 5.69 Å². The number of aromatic nitrogens is 2. The largest absolute Gasteiger partial charge is 0.495 e. The predicted molar refractivity (Wildman–Crippen MR) is 64.2 cm³/mol. The van der Waals surface area contributed by atoms with Crippen LogP contribution in [-0.2, 0) is 0 Å². The minimum atomic E-state index is 0.0959. The second-order valence-electron chi connectivity index (χ2n) is 3.34. The SMILES string of the molecule is COc1ccc(Oc2nccc(C#N)n2)cc1N. The van der Waals surface area contributed by atoms with Crippen molar-refractivity contribution in [3.05, 3.63) is 36.2 Å². The van der Waals surface area contributed by atoms with Crippen LogP contribution in [-0.4, -0.2) is 17.1 Å². The third-order valence-corrected chi connectivity index (χ3v) is 2.16. The third-order valence-electron chi connectivity index (χ3n) is 2.16. The normalized spacial score (nSPS) is 9.56. The molecule has 18 heavy (non-hydrogen) atoms. The fourth-order valence-corrected chi connectivity index (χ4v) is 1.33. The molecule has 90 valence electrons. The summed E-state index contributed by atoms with van der Waals surface area (Å²) < 4.78 is 10.4. The molecule has 0 amide bonds. The number of hydrogen-bond acceptors (Lipinski definition) is 6. The lowest BCUT2D eigenvalue weighted by molar-refractivity contribution is 0.413. The molecular formula is C12H10N4O2. The molecule has 2 aromatic rings. The molecule has 6 nitrogen and oxygen atoms in total. The van der Waals surface area contributed by atoms with Gasteiger partial charge in [-0.2, -0.15) is 10.2 Å². The summed E-state index contributed by atoms with van der Waals surface area (Å²) in [6.07, 6.45) is 1.45. The van der Waals surface area contributed by atoms with Crippen LogP contribution in [0.5, 0.6) is 17.5 Å². The first-order valence-electron chi connectivity index (χ1n) is 5.07. The van der Waals surface area contributed by atoms with Gasteiger partial charge in [0.15, 0.2) is 0 Å². The Balaban J connectivity index is 2.23. The first-order chi connectivity index (χ1) is 8.72. The summed E-state index contributed by atoms with van der Waals surface area (Å²) >= 11 is 0. The number of anilines is 1. The molecule has 0 aliphatic heterocycles. The molecule has 0 saturated heterocycles. The average molecular weight is 242 g/mol. The quantitative estimate of drug-likeness (QED) is 0.823. The molecule has 0 spiro atoms. The zero-order valence-corrected chi connectivity index (χ0v) is 9.62. The first kappa shape index (κ1) is 11.7. The number of rotatable bonds is 3. The number of nitrogens with two attached hydrogens (primary N) is 1. The van der Waals surface area contributed by atoms with Crippen molar-refractivity contribution in [2.45, 2.75) is 0 Å². The zero-order valence-electron chi connectivity index (χ0n) is 9.62. The van der Waals surface area contributed by atoms with E-state index in [2.05, 4.69) is 9.97 Å². The standard InChI is InChI=1S/C12H10N4O2/c1-17-11-3-2-9(6-10(11)14)18-12-15-5-4-8(7-13)16-12/h2-6H,14H2,1H3. The Morgan fingerprint density at radius 3 is 2.83 bits per heavy atom. The average Bonchev–Trinajstić information content (AvgIpc) is 2.39. The van der Waals surface area contributed by atoms with Gasteiger partial charge >= 0.3 is 6.01 Å². The molecule has 6 heteroatoms. The molecule has 0 aliphatic carbocycles. The van der Waals surface area contributed by atoms with Crippen LogP contribution in [0, 0.1) is 11.3 Å². The second-order valence-corrected chi connectivity index (χ2v) is 3.34. The molecule has 1 heterocycles. The second kappa shape index (κ2) is 5.01. The van der Waals surface area contributed by atoms with Crippen LogP contribution in [0.15, 0.2) is 30.5 Å². The van der Waals surface area contributed by atoms with E-state index >= 15 is 0 Å². The summed E-state index contributed by atoms with van der Waals surface area (Å²) in [5, 5.41) is 8.71. The smallest absolute Gasteiger partial charge is 0.323 e. The van der Waals surface area contributed by atoms with Crippen LogP contribution in [0.25, 0.3) is 0 Å². The van der Waals surface area contributed by atoms with Gasteiger partial charge in [-0.15, -0.1) is 0 Å². The predicted octanol–water partition coefficient (Wildman–Crippen LogP) is 1.73. The van der Waals surface area contributed by atoms with Gasteiger partial charge < -0.3 is 15.2 Å². The molecule has 0 atom stereocenters. The molecule has 0 fully saturated rings. The molecule has 0 saturated carbocycles. The van der Waals surface area contributed by atoms with Crippen molar-refractivity contribution < 1.29 is 9.47 Å². The number of benzene rings is 1. The van der Waals surface area contributed by atoms with E-state index in [0.29, 0.717) is 17.2 Å². The lowest BCUT2D eigenvalue weighted by Gasteiger charge is -2.07. The number of methoxy groups -OCH3 is 1. The van der Waals surface area contributed by atoms with Gasteiger partial charge in [-0.25, -0.2) is 4.98 Å². The number of nitriles is 1. The summed E-state index contributed by atoms with van der Waals surface area (Å²) in [6.45, 7) is 0. The summed E-state index contributed by atoms with van der Waals surface area (Å²) in [6, 6.07) is 8.45. The Bertz CT molecular complexity index is 607. The van der Waals surface area contributed by atoms with E-state index in [9.17, 15) is 0 Å². The van der Waals surface area contributed by atoms with E-state index in [0.717, 1.165) is 0 Å². The maximum Gasteiger partial charge on any atom is 0.323 e. The van der Waals surface area contributed by atoms with Crippen LogP contribution in [0.2, 0.25) is 0 Å². The fraction of sp³-hybridized carbons (Fsp3) is 0.0833. The van der Waals surface area contributed by atoms with Gasteiger partial charge in [0.05, 0.1) is 12.8 Å². The summed E-state index contributed by atoms with van der Waals surface area (Å²) in [5.41, 5.74) is 6.43. The minimum Gasteiger partial charge on any atom is -0.495 e. The van der Waals surface area contributed by atoms with Gasteiger partial charge in [-0.1, -0.05) is 0 Å². The highest BCUT2D eigenvalue weighted by Crippen LogP contribution is 2.27. The maximum absolute atomic E-state index is 8.71. The Hall–Kier alpha value is -2.81. The van der Waals surface area contributed by atoms with Crippen molar-refractivity contribution in [2.75, 3.05) is 12.8 Å². The van der Waals surface area contributed by atoms with Crippen LogP contribution in [0.1, 0.15) is 5.69 Å². The molecule has 1 aromatic heterocycles. The number of ether oxygens (including phenoxy) is 2. The Morgan fingerprint density at radius 2 is 2.17 bits per heavy atom. The zero-order chi connectivity index (χ0) is 13.0. The van der Waals surface area contributed by atoms with Gasteiger partial charge in [-0.3, -0.25) is 0 Å². The van der Waals surface area contributed by atoms with Gasteiger partial charge in [0, 0.05) is 12.3 Å². The molecule has 0 aliphatic rings. The van der Waals surface area contributed by atoms with Crippen LogP contribution < -0.4 is 15.2 Å². The summed E-state index contributed by atoms with van der Waals surface area (Å²) in [7, 11) is 1.53. The highest BCUT2D eigenvalue weighted by molar-refractivity contribution is 5.56. The molecule has 0 unspecified atom stereocenters. The van der Waals surface area contributed by atoms with E-state index in [4.69, 9.17) is 20.5 Å². The maximum atomic E-state index is 8.71. The monoisotopic (exact) mass is 242 g/mol. The molecule has 2 rings (SSSR count). The van der Waals surface area contributed by atoms with Crippen molar-refractivity contribution >= 4 is 5.69 Å². The van der Waals surface area contributed by atoms with Gasteiger partial charge in [0.25, 0.3) is 0 Å². The van der Waals surface area contributed by atoms with Gasteiger partial charge in [-0.05, 0) is 18.2 Å². The van der Waals surface area contributed by atoms with E-state index < -0.39 is 0 Å². The van der Waals surface area contributed by atoms with Crippen molar-refractivity contribution in [2.24, 2.45) is 0 Å². The highest BCUT2D eigenvalue weighted by Gasteiger charge is 2.05. The highest BCUT2D eigenvalue weighted by atomic mass is 16.5. The Kier molecular flexibility index (Phi) is 3.25. The number of nitrogen functional groups attached to an aromatic ring is 1. The Labute approximate surface area is 104 Å². The van der Waals surface area contributed by atoms with Gasteiger partial charge in [0.1, 0.15) is 23.3 Å². The molecule has 1 aromatic carbocycles. The van der Waals surface area contributed by atoms with Gasteiger partial charge in [0.2, 0.25) is 0 Å².